The molecule has 2 unspecified atom stereocenters. The smallest absolute Gasteiger partial charge is 0.278 e. The molecule has 0 aliphatic heterocycles. The van der Waals surface area contributed by atoms with E-state index in [9.17, 15) is 24.6 Å². The summed E-state index contributed by atoms with van der Waals surface area (Å²) >= 11 is 0. The van der Waals surface area contributed by atoms with Gasteiger partial charge in [-0.2, -0.15) is 0 Å². The maximum absolute atomic E-state index is 12.1. The first-order valence-corrected chi connectivity index (χ1v) is 8.53. The highest BCUT2D eigenvalue weighted by atomic mass is 31.2. The zero-order valence-electron chi connectivity index (χ0n) is 12.3. The van der Waals surface area contributed by atoms with Crippen LogP contribution in [-0.2, 0) is 4.57 Å². The van der Waals surface area contributed by atoms with Crippen LogP contribution in [0.3, 0.4) is 0 Å². The molecular formula is C13H21N2O5P. The molecule has 8 heteroatoms. The Balaban J connectivity index is 2.65. The fraction of sp³-hybridized carbons (Fsp3) is 0.462. The third kappa shape index (κ3) is 5.22. The molecule has 0 fully saturated rings. The highest BCUT2D eigenvalue weighted by molar-refractivity contribution is 7.57. The average molecular weight is 316 g/mol. The molecule has 7 nitrogen and oxygen atoms in total. The summed E-state index contributed by atoms with van der Waals surface area (Å²) in [5, 5.41) is 19.8. The Kier molecular flexibility index (Phi) is 6.07. The molecule has 0 saturated carbocycles. The predicted molar refractivity (Wildman–Crippen MR) is 78.4 cm³/mol. The zero-order chi connectivity index (χ0) is 16.2. The number of amides is 1. The summed E-state index contributed by atoms with van der Waals surface area (Å²) < 4.78 is 11.3. The van der Waals surface area contributed by atoms with E-state index in [-0.39, 0.29) is 13.2 Å². The van der Waals surface area contributed by atoms with Crippen LogP contribution >= 0.6 is 7.37 Å². The van der Waals surface area contributed by atoms with Gasteiger partial charge in [0.05, 0.1) is 0 Å². The lowest BCUT2D eigenvalue weighted by molar-refractivity contribution is -0.0874. The summed E-state index contributed by atoms with van der Waals surface area (Å²) in [6.07, 6.45) is 0. The first-order chi connectivity index (χ1) is 9.62. The van der Waals surface area contributed by atoms with Gasteiger partial charge in [0, 0.05) is 18.8 Å². The van der Waals surface area contributed by atoms with E-state index in [0.29, 0.717) is 10.6 Å². The van der Waals surface area contributed by atoms with Crippen LogP contribution in [0.2, 0.25) is 0 Å². The van der Waals surface area contributed by atoms with Crippen molar-refractivity contribution < 1.29 is 24.6 Å². The Morgan fingerprint density at radius 1 is 1.38 bits per heavy atom. The average Bonchev–Trinajstić information content (AvgIpc) is 2.37. The van der Waals surface area contributed by atoms with Gasteiger partial charge in [-0.05, 0) is 25.6 Å². The summed E-state index contributed by atoms with van der Waals surface area (Å²) in [4.78, 5) is 22.7. The molecule has 2 atom stereocenters. The van der Waals surface area contributed by atoms with E-state index in [1.54, 1.807) is 31.2 Å². The standard InChI is InChI=1S/C13H21N2O5P/c1-10-6-4-5-7-11(10)13(17)15(18)9-14(2)8-12(16)21(3,19)20/h4-7,12,16,18H,8-9H2,1-3H3,(H,19,20). The number of likely N-dealkylation sites (N-methyl/N-ethyl adjacent to an activating group) is 1. The number of rotatable bonds is 6. The topological polar surface area (TPSA) is 101 Å². The zero-order valence-corrected chi connectivity index (χ0v) is 13.2. The van der Waals surface area contributed by atoms with Gasteiger partial charge in [0.15, 0.2) is 0 Å². The molecule has 1 aromatic rings. The van der Waals surface area contributed by atoms with Gasteiger partial charge >= 0.3 is 0 Å². The minimum Gasteiger partial charge on any atom is -0.382 e. The Bertz CT molecular complexity index is 545. The molecule has 3 N–H and O–H groups in total. The number of aliphatic hydroxyl groups is 1. The van der Waals surface area contributed by atoms with Gasteiger partial charge in [0.1, 0.15) is 12.5 Å². The van der Waals surface area contributed by atoms with E-state index in [1.165, 1.54) is 11.9 Å². The van der Waals surface area contributed by atoms with E-state index in [0.717, 1.165) is 12.2 Å². The number of aliphatic hydroxyl groups excluding tert-OH is 1. The molecule has 0 heterocycles. The van der Waals surface area contributed by atoms with Gasteiger partial charge in [-0.25, -0.2) is 5.06 Å². The van der Waals surface area contributed by atoms with Gasteiger partial charge in [-0.3, -0.25) is 19.5 Å². The first-order valence-electron chi connectivity index (χ1n) is 6.36. The summed E-state index contributed by atoms with van der Waals surface area (Å²) in [6.45, 7) is 2.49. The van der Waals surface area contributed by atoms with E-state index >= 15 is 0 Å². The van der Waals surface area contributed by atoms with Crippen LogP contribution in [0.25, 0.3) is 0 Å². The number of hydrogen-bond acceptors (Lipinski definition) is 5. The molecule has 0 saturated heterocycles. The van der Waals surface area contributed by atoms with Crippen LogP contribution in [0, 0.1) is 6.92 Å². The van der Waals surface area contributed by atoms with Crippen molar-refractivity contribution in [2.45, 2.75) is 12.8 Å². The second-order valence-electron chi connectivity index (χ2n) is 5.12. The lowest BCUT2D eigenvalue weighted by atomic mass is 10.1. The van der Waals surface area contributed by atoms with E-state index in [1.807, 2.05) is 0 Å². The molecule has 0 bridgehead atoms. The molecule has 0 aliphatic rings. The lowest BCUT2D eigenvalue weighted by Gasteiger charge is -2.26. The Morgan fingerprint density at radius 2 is 1.95 bits per heavy atom. The van der Waals surface area contributed by atoms with Crippen LogP contribution in [0.15, 0.2) is 24.3 Å². The number of hydrogen-bond donors (Lipinski definition) is 3. The van der Waals surface area contributed by atoms with E-state index in [2.05, 4.69) is 0 Å². The molecule has 0 aliphatic carbocycles. The minimum atomic E-state index is -3.61. The normalized spacial score (nSPS) is 15.6. The molecule has 0 spiro atoms. The Morgan fingerprint density at radius 3 is 2.48 bits per heavy atom. The monoisotopic (exact) mass is 316 g/mol. The van der Waals surface area contributed by atoms with Gasteiger partial charge < -0.3 is 10.00 Å². The van der Waals surface area contributed by atoms with Crippen LogP contribution < -0.4 is 0 Å². The fourth-order valence-electron chi connectivity index (χ4n) is 1.73. The third-order valence-electron chi connectivity index (χ3n) is 3.01. The van der Waals surface area contributed by atoms with Crippen molar-refractivity contribution in [2.24, 2.45) is 0 Å². The molecule has 0 aromatic heterocycles. The van der Waals surface area contributed by atoms with Crippen molar-refractivity contribution in [1.82, 2.24) is 9.96 Å². The van der Waals surface area contributed by atoms with Crippen LogP contribution in [0.4, 0.5) is 0 Å². The van der Waals surface area contributed by atoms with Crippen LogP contribution in [0.1, 0.15) is 15.9 Å². The maximum Gasteiger partial charge on any atom is 0.278 e. The SMILES string of the molecule is Cc1ccccc1C(=O)N(O)CN(C)CC(O)P(C)(=O)O. The molecule has 0 radical (unpaired) electrons. The van der Waals surface area contributed by atoms with Crippen molar-refractivity contribution >= 4 is 13.3 Å². The highest BCUT2D eigenvalue weighted by Gasteiger charge is 2.25. The summed E-state index contributed by atoms with van der Waals surface area (Å²) in [7, 11) is -2.09. The van der Waals surface area contributed by atoms with E-state index in [4.69, 9.17) is 0 Å². The number of nitrogens with zero attached hydrogens (tertiary/aromatic N) is 2. The number of carbonyl (C=O) groups is 1. The molecule has 21 heavy (non-hydrogen) atoms. The summed E-state index contributed by atoms with van der Waals surface area (Å²) in [5.41, 5.74) is 1.11. The lowest BCUT2D eigenvalue weighted by Crippen LogP contribution is -2.40. The molecule has 118 valence electrons. The van der Waals surface area contributed by atoms with E-state index < -0.39 is 19.1 Å². The van der Waals surface area contributed by atoms with Crippen molar-refractivity contribution in [3.63, 3.8) is 0 Å². The molecule has 1 amide bonds. The molecule has 1 rings (SSSR count). The van der Waals surface area contributed by atoms with Crippen molar-refractivity contribution in [1.29, 1.82) is 0 Å². The van der Waals surface area contributed by atoms with Crippen LogP contribution in [0.5, 0.6) is 0 Å². The third-order valence-corrected chi connectivity index (χ3v) is 4.28. The van der Waals surface area contributed by atoms with Gasteiger partial charge in [-0.1, -0.05) is 18.2 Å². The Hall–Kier alpha value is -1.24. The highest BCUT2D eigenvalue weighted by Crippen LogP contribution is 2.40. The maximum atomic E-state index is 12.1. The van der Waals surface area contributed by atoms with Crippen molar-refractivity contribution in [3.05, 3.63) is 35.4 Å². The van der Waals surface area contributed by atoms with Gasteiger partial charge in [0.25, 0.3) is 5.91 Å². The number of carbonyl (C=O) groups excluding carboxylic acids is 1. The van der Waals surface area contributed by atoms with Gasteiger partial charge in [0.2, 0.25) is 7.37 Å². The van der Waals surface area contributed by atoms with Crippen LogP contribution in [-0.4, -0.2) is 63.8 Å². The fourth-order valence-corrected chi connectivity index (χ4v) is 2.31. The first kappa shape index (κ1) is 17.8. The molecular weight excluding hydrogens is 295 g/mol. The van der Waals surface area contributed by atoms with Crippen molar-refractivity contribution in [3.8, 4) is 0 Å². The van der Waals surface area contributed by atoms with Gasteiger partial charge in [-0.15, -0.1) is 0 Å². The number of aryl methyl sites for hydroxylation is 1. The second kappa shape index (κ2) is 7.15. The minimum absolute atomic E-state index is 0.137. The number of hydroxylamine groups is 2. The second-order valence-corrected chi connectivity index (χ2v) is 7.61. The van der Waals surface area contributed by atoms with Crippen molar-refractivity contribution in [2.75, 3.05) is 26.9 Å². The largest absolute Gasteiger partial charge is 0.382 e. The predicted octanol–water partition coefficient (Wildman–Crippen LogP) is 0.934. The summed E-state index contributed by atoms with van der Waals surface area (Å²) in [5.74, 6) is -2.00. The molecule has 1 aromatic carbocycles. The summed E-state index contributed by atoms with van der Waals surface area (Å²) in [6, 6.07) is 6.84. The Labute approximate surface area is 123 Å². The number of benzene rings is 1. The quantitative estimate of drug-likeness (QED) is 0.312.